The third kappa shape index (κ3) is 5.60. The van der Waals surface area contributed by atoms with Gasteiger partial charge in [-0.2, -0.15) is 0 Å². The van der Waals surface area contributed by atoms with Crippen molar-refractivity contribution in [3.8, 4) is 0 Å². The van der Waals surface area contributed by atoms with Crippen LogP contribution < -0.4 is 16.1 Å². The van der Waals surface area contributed by atoms with E-state index in [1.165, 1.54) is 4.68 Å². The summed E-state index contributed by atoms with van der Waals surface area (Å²) in [5, 5.41) is 6.31. The zero-order valence-corrected chi connectivity index (χ0v) is 21.1. The molecule has 3 amide bonds. The molecule has 0 unspecified atom stereocenters. The second-order valence-corrected chi connectivity index (χ2v) is 9.36. The summed E-state index contributed by atoms with van der Waals surface area (Å²) in [4.78, 5) is 38.7. The van der Waals surface area contributed by atoms with Crippen LogP contribution in [0.3, 0.4) is 0 Å². The third-order valence-corrected chi connectivity index (χ3v) is 6.04. The van der Waals surface area contributed by atoms with E-state index in [0.29, 0.717) is 11.2 Å². The van der Waals surface area contributed by atoms with Gasteiger partial charge >= 0.3 is 11.8 Å². The molecule has 0 spiro atoms. The molecule has 8 heteroatoms. The predicted octanol–water partition coefficient (Wildman–Crippen LogP) is 5.22. The fourth-order valence-corrected chi connectivity index (χ4v) is 4.33. The lowest BCUT2D eigenvalue weighted by Gasteiger charge is -2.16. The van der Waals surface area contributed by atoms with Gasteiger partial charge in [0.1, 0.15) is 5.69 Å². The molecule has 3 aromatic carbocycles. The maximum atomic E-state index is 13.2. The topological polar surface area (TPSA) is 92.2 Å². The van der Waals surface area contributed by atoms with Gasteiger partial charge in [0.05, 0.1) is 11.6 Å². The summed E-state index contributed by atoms with van der Waals surface area (Å²) in [6.07, 6.45) is 0. The van der Waals surface area contributed by atoms with Crippen molar-refractivity contribution in [2.24, 2.45) is 0 Å². The van der Waals surface area contributed by atoms with E-state index < -0.39 is 17.7 Å². The maximum Gasteiger partial charge on any atom is 0.328 e. The average molecular weight is 533 g/mol. The number of rotatable bonds is 5. The number of hydrogen-bond donors (Lipinski definition) is 3. The van der Waals surface area contributed by atoms with E-state index >= 15 is 0 Å². The Bertz CT molecular complexity index is 1410. The van der Waals surface area contributed by atoms with Gasteiger partial charge in [0.2, 0.25) is 0 Å². The number of carbonyl (C=O) groups is 3. The summed E-state index contributed by atoms with van der Waals surface area (Å²) in [7, 11) is 0. The highest BCUT2D eigenvalue weighted by Crippen LogP contribution is 2.24. The van der Waals surface area contributed by atoms with Gasteiger partial charge in [-0.05, 0) is 73.9 Å². The predicted molar refractivity (Wildman–Crippen MR) is 141 cm³/mol. The average Bonchev–Trinajstić information content (AvgIpc) is 3.16. The SMILES string of the molecule is Cc1cc(C)cc(NC(=O)c2cc3cc(Br)ccc3n2NC(=O)C(=O)N[C@@H](C)c2ccccc2)c1. The molecule has 0 aliphatic carbocycles. The monoisotopic (exact) mass is 532 g/mol. The zero-order valence-electron chi connectivity index (χ0n) is 19.6. The minimum atomic E-state index is -0.881. The minimum absolute atomic E-state index is 0.189. The van der Waals surface area contributed by atoms with Gasteiger partial charge in [-0.1, -0.05) is 52.3 Å². The van der Waals surface area contributed by atoms with Crippen molar-refractivity contribution in [1.29, 1.82) is 0 Å². The van der Waals surface area contributed by atoms with E-state index in [1.54, 1.807) is 25.1 Å². The lowest BCUT2D eigenvalue weighted by molar-refractivity contribution is -0.137. The van der Waals surface area contributed by atoms with Crippen LogP contribution in [0.15, 0.2) is 77.3 Å². The minimum Gasteiger partial charge on any atom is -0.341 e. The van der Waals surface area contributed by atoms with Crippen LogP contribution in [0.5, 0.6) is 0 Å². The van der Waals surface area contributed by atoms with Gasteiger partial charge in [0, 0.05) is 15.5 Å². The van der Waals surface area contributed by atoms with Crippen LogP contribution in [0.2, 0.25) is 0 Å². The summed E-state index contributed by atoms with van der Waals surface area (Å²) >= 11 is 3.44. The molecule has 0 aliphatic rings. The lowest BCUT2D eigenvalue weighted by Crippen LogP contribution is -2.40. The van der Waals surface area contributed by atoms with Crippen molar-refractivity contribution < 1.29 is 14.4 Å². The molecule has 35 heavy (non-hydrogen) atoms. The summed E-state index contributed by atoms with van der Waals surface area (Å²) in [5.74, 6) is -2.10. The van der Waals surface area contributed by atoms with Gasteiger partial charge in [-0.3, -0.25) is 19.8 Å². The van der Waals surface area contributed by atoms with Gasteiger partial charge in [-0.15, -0.1) is 0 Å². The van der Waals surface area contributed by atoms with Crippen molar-refractivity contribution in [1.82, 2.24) is 9.99 Å². The van der Waals surface area contributed by atoms with Gasteiger partial charge in [0.15, 0.2) is 0 Å². The Balaban J connectivity index is 1.60. The molecular weight excluding hydrogens is 508 g/mol. The van der Waals surface area contributed by atoms with Crippen molar-refractivity contribution >= 4 is 50.2 Å². The van der Waals surface area contributed by atoms with Crippen LogP contribution in [0.1, 0.15) is 40.1 Å². The number of carbonyl (C=O) groups excluding carboxylic acids is 3. The standard InChI is InChI=1S/C27H25BrN4O3/c1-16-11-17(2)13-22(12-16)30-25(33)24-15-20-14-21(28)9-10-23(20)32(24)31-27(35)26(34)29-18(3)19-7-5-4-6-8-19/h4-15,18H,1-3H3,(H,29,34)(H,30,33)(H,31,35)/t18-/m0/s1. The molecule has 0 saturated carbocycles. The van der Waals surface area contributed by atoms with E-state index in [4.69, 9.17) is 0 Å². The normalized spacial score (nSPS) is 11.7. The van der Waals surface area contributed by atoms with Crippen molar-refractivity contribution in [3.05, 3.63) is 99.7 Å². The summed E-state index contributed by atoms with van der Waals surface area (Å²) in [5.41, 5.74) is 6.91. The Morgan fingerprint density at radius 3 is 2.23 bits per heavy atom. The van der Waals surface area contributed by atoms with E-state index in [2.05, 4.69) is 32.0 Å². The lowest BCUT2D eigenvalue weighted by atomic mass is 10.1. The molecule has 7 nitrogen and oxygen atoms in total. The van der Waals surface area contributed by atoms with E-state index in [1.807, 2.05) is 68.4 Å². The molecule has 0 saturated heterocycles. The van der Waals surface area contributed by atoms with Crippen LogP contribution in [-0.2, 0) is 9.59 Å². The number of hydrogen-bond acceptors (Lipinski definition) is 3. The molecule has 0 bridgehead atoms. The largest absolute Gasteiger partial charge is 0.341 e. The first kappa shape index (κ1) is 24.2. The summed E-state index contributed by atoms with van der Waals surface area (Å²) < 4.78 is 2.17. The van der Waals surface area contributed by atoms with Crippen LogP contribution in [-0.4, -0.2) is 22.4 Å². The number of amides is 3. The van der Waals surface area contributed by atoms with E-state index in [-0.39, 0.29) is 11.7 Å². The Morgan fingerprint density at radius 2 is 1.54 bits per heavy atom. The number of aromatic nitrogens is 1. The molecule has 0 fully saturated rings. The maximum absolute atomic E-state index is 13.2. The van der Waals surface area contributed by atoms with Gasteiger partial charge < -0.3 is 10.6 Å². The highest BCUT2D eigenvalue weighted by atomic mass is 79.9. The smallest absolute Gasteiger partial charge is 0.328 e. The first-order chi connectivity index (χ1) is 16.7. The first-order valence-corrected chi connectivity index (χ1v) is 11.9. The number of benzene rings is 3. The summed E-state index contributed by atoms with van der Waals surface area (Å²) in [6.45, 7) is 5.70. The fourth-order valence-electron chi connectivity index (χ4n) is 3.96. The van der Waals surface area contributed by atoms with Crippen LogP contribution in [0.25, 0.3) is 10.9 Å². The molecule has 3 N–H and O–H groups in total. The number of fused-ring (bicyclic) bond motifs is 1. The number of anilines is 1. The molecule has 0 aliphatic heterocycles. The van der Waals surface area contributed by atoms with Crippen LogP contribution in [0.4, 0.5) is 5.69 Å². The zero-order chi connectivity index (χ0) is 25.1. The van der Waals surface area contributed by atoms with Crippen LogP contribution in [0, 0.1) is 13.8 Å². The number of halogens is 1. The van der Waals surface area contributed by atoms with Gasteiger partial charge in [0.25, 0.3) is 5.91 Å². The van der Waals surface area contributed by atoms with Crippen LogP contribution >= 0.6 is 15.9 Å². The fraction of sp³-hybridized carbons (Fsp3) is 0.148. The number of aryl methyl sites for hydroxylation is 2. The molecule has 4 aromatic rings. The molecule has 178 valence electrons. The second kappa shape index (κ2) is 10.1. The Morgan fingerprint density at radius 1 is 0.857 bits per heavy atom. The highest BCUT2D eigenvalue weighted by molar-refractivity contribution is 9.10. The molecule has 1 atom stereocenters. The third-order valence-electron chi connectivity index (χ3n) is 5.54. The number of nitrogens with zero attached hydrogens (tertiary/aromatic N) is 1. The molecular formula is C27H25BrN4O3. The Labute approximate surface area is 211 Å². The summed E-state index contributed by atoms with van der Waals surface area (Å²) in [6, 6.07) is 21.8. The molecule has 0 radical (unpaired) electrons. The quantitative estimate of drug-likeness (QED) is 0.307. The Hall–Kier alpha value is -3.91. The van der Waals surface area contributed by atoms with Crippen molar-refractivity contribution in [3.63, 3.8) is 0 Å². The second-order valence-electron chi connectivity index (χ2n) is 8.45. The first-order valence-electron chi connectivity index (χ1n) is 11.1. The molecule has 4 rings (SSSR count). The van der Waals surface area contributed by atoms with E-state index in [9.17, 15) is 14.4 Å². The highest BCUT2D eigenvalue weighted by Gasteiger charge is 2.22. The van der Waals surface area contributed by atoms with E-state index in [0.717, 1.165) is 26.5 Å². The molecule has 1 heterocycles. The number of nitrogens with one attached hydrogen (secondary N) is 3. The van der Waals surface area contributed by atoms with Crippen molar-refractivity contribution in [2.45, 2.75) is 26.8 Å². The van der Waals surface area contributed by atoms with Gasteiger partial charge in [-0.25, -0.2) is 4.68 Å². The molecule has 1 aromatic heterocycles. The Kier molecular flexibility index (Phi) is 7.02. The van der Waals surface area contributed by atoms with Crippen molar-refractivity contribution in [2.75, 3.05) is 10.7 Å².